The van der Waals surface area contributed by atoms with E-state index in [1.54, 1.807) is 0 Å². The number of amides is 3. The lowest BCUT2D eigenvalue weighted by molar-refractivity contribution is -0.414. The minimum Gasteiger partial charge on any atom is -0.480 e. The zero-order valence-corrected chi connectivity index (χ0v) is 6.37. The molecule has 1 aliphatic heterocycles. The third kappa shape index (κ3) is 1.09. The molecule has 0 atom stereocenters. The molecule has 0 fully saturated rings. The highest BCUT2D eigenvalue weighted by molar-refractivity contribution is 6.04. The summed E-state index contributed by atoms with van der Waals surface area (Å²) < 4.78 is 1.04. The predicted molar refractivity (Wildman–Crippen MR) is 36.6 cm³/mol. The van der Waals surface area contributed by atoms with Crippen LogP contribution in [0.25, 0.3) is 0 Å². The van der Waals surface area contributed by atoms with Gasteiger partial charge in [0.25, 0.3) is 5.90 Å². The number of carbonyl (C=O) groups is 2. The number of aliphatic hydroxyl groups excluding tert-OH is 1. The SMILES string of the molecule is CN1C(=O)CC(O)=[N+](C)C1=O. The van der Waals surface area contributed by atoms with E-state index in [-0.39, 0.29) is 18.2 Å². The fraction of sp³-hybridized carbons (Fsp3) is 0.500. The monoisotopic (exact) mass is 157 g/mol. The third-order valence-electron chi connectivity index (χ3n) is 1.64. The van der Waals surface area contributed by atoms with Crippen LogP contribution < -0.4 is 0 Å². The zero-order chi connectivity index (χ0) is 8.59. The molecule has 1 aliphatic rings. The van der Waals surface area contributed by atoms with Crippen LogP contribution in [0.4, 0.5) is 4.79 Å². The Kier molecular flexibility index (Phi) is 1.64. The molecule has 0 saturated heterocycles. The van der Waals surface area contributed by atoms with Crippen molar-refractivity contribution in [2.75, 3.05) is 14.1 Å². The van der Waals surface area contributed by atoms with Crippen molar-refractivity contribution in [1.82, 2.24) is 4.90 Å². The van der Waals surface area contributed by atoms with Crippen LogP contribution in [0, 0.1) is 0 Å². The summed E-state index contributed by atoms with van der Waals surface area (Å²) in [7, 11) is 2.80. The fourth-order valence-electron chi connectivity index (χ4n) is 0.815. The summed E-state index contributed by atoms with van der Waals surface area (Å²) in [5.41, 5.74) is 0. The molecule has 0 unspecified atom stereocenters. The van der Waals surface area contributed by atoms with E-state index in [1.807, 2.05) is 0 Å². The molecule has 5 nitrogen and oxygen atoms in total. The highest BCUT2D eigenvalue weighted by atomic mass is 16.3. The number of hydrogen-bond acceptors (Lipinski definition) is 2. The van der Waals surface area contributed by atoms with Crippen LogP contribution in [0.2, 0.25) is 0 Å². The topological polar surface area (TPSA) is 60.6 Å². The first-order chi connectivity index (χ1) is 5.04. The minimum absolute atomic E-state index is 0.0985. The van der Waals surface area contributed by atoms with Gasteiger partial charge in [-0.15, -0.1) is 0 Å². The molecule has 1 rings (SSSR count). The van der Waals surface area contributed by atoms with Gasteiger partial charge >= 0.3 is 11.9 Å². The lowest BCUT2D eigenvalue weighted by atomic mass is 10.3. The molecule has 1 heterocycles. The molecule has 0 saturated carbocycles. The molecular weight excluding hydrogens is 148 g/mol. The average Bonchev–Trinajstić information content (AvgIpc) is 1.97. The van der Waals surface area contributed by atoms with Crippen LogP contribution >= 0.6 is 0 Å². The normalized spacial score (nSPS) is 19.6. The largest absolute Gasteiger partial charge is 0.502 e. The fourth-order valence-corrected chi connectivity index (χ4v) is 0.815. The van der Waals surface area contributed by atoms with Crippen LogP contribution in [0.1, 0.15) is 6.42 Å². The van der Waals surface area contributed by atoms with E-state index in [0.717, 1.165) is 9.48 Å². The Morgan fingerprint density at radius 1 is 1.55 bits per heavy atom. The van der Waals surface area contributed by atoms with Crippen molar-refractivity contribution in [3.63, 3.8) is 0 Å². The smallest absolute Gasteiger partial charge is 0.480 e. The second kappa shape index (κ2) is 2.34. The number of imide groups is 1. The number of carbonyl (C=O) groups excluding carboxylic acids is 2. The van der Waals surface area contributed by atoms with E-state index in [0.29, 0.717) is 0 Å². The summed E-state index contributed by atoms with van der Waals surface area (Å²) in [6, 6.07) is -0.501. The zero-order valence-electron chi connectivity index (χ0n) is 6.37. The lowest BCUT2D eigenvalue weighted by Gasteiger charge is -2.13. The quantitative estimate of drug-likeness (QED) is 0.485. The summed E-state index contributed by atoms with van der Waals surface area (Å²) in [5, 5.41) is 9.01. The van der Waals surface area contributed by atoms with Crippen LogP contribution in [0.5, 0.6) is 0 Å². The first-order valence-electron chi connectivity index (χ1n) is 3.13. The van der Waals surface area contributed by atoms with Crippen LogP contribution in [-0.2, 0) is 4.79 Å². The molecule has 0 aromatic rings. The van der Waals surface area contributed by atoms with Crippen molar-refractivity contribution in [1.29, 1.82) is 0 Å². The van der Waals surface area contributed by atoms with Crippen LogP contribution in [0.15, 0.2) is 0 Å². The first kappa shape index (κ1) is 7.71. The number of hydrogen-bond donors (Lipinski definition) is 1. The molecular formula is C6H9N2O3+. The number of rotatable bonds is 0. The van der Waals surface area contributed by atoms with Crippen molar-refractivity contribution < 1.29 is 19.3 Å². The Balaban J connectivity index is 3.04. The Morgan fingerprint density at radius 2 is 2.09 bits per heavy atom. The standard InChI is InChI=1S/C6H8N2O3/c1-7-4(9)3-5(10)8(2)6(7)11/h3H2,1-2H3/p+1. The molecule has 1 N–H and O–H groups in total. The molecule has 11 heavy (non-hydrogen) atoms. The average molecular weight is 157 g/mol. The van der Waals surface area contributed by atoms with Gasteiger partial charge in [-0.3, -0.25) is 0 Å². The van der Waals surface area contributed by atoms with Crippen molar-refractivity contribution in [3.8, 4) is 0 Å². The van der Waals surface area contributed by atoms with E-state index in [9.17, 15) is 9.59 Å². The summed E-state index contributed by atoms with van der Waals surface area (Å²) in [6.45, 7) is 0. The number of aliphatic hydroxyl groups is 1. The summed E-state index contributed by atoms with van der Waals surface area (Å²) in [5.74, 6) is -0.580. The summed E-state index contributed by atoms with van der Waals surface area (Å²) >= 11 is 0. The van der Waals surface area contributed by atoms with Gasteiger partial charge in [0.2, 0.25) is 0 Å². The van der Waals surface area contributed by atoms with Crippen LogP contribution in [-0.4, -0.2) is 46.5 Å². The molecule has 60 valence electrons. The highest BCUT2D eigenvalue weighted by Crippen LogP contribution is 2.01. The van der Waals surface area contributed by atoms with Gasteiger partial charge in [-0.05, 0) is 0 Å². The molecule has 3 amide bonds. The Labute approximate surface area is 63.5 Å². The Bertz CT molecular complexity index is 257. The van der Waals surface area contributed by atoms with E-state index in [2.05, 4.69) is 0 Å². The second-order valence-corrected chi connectivity index (χ2v) is 2.39. The first-order valence-corrected chi connectivity index (χ1v) is 3.13. The maximum atomic E-state index is 11.0. The van der Waals surface area contributed by atoms with Crippen LogP contribution in [0.3, 0.4) is 0 Å². The van der Waals surface area contributed by atoms with Gasteiger partial charge in [-0.25, -0.2) is 4.79 Å². The Morgan fingerprint density at radius 3 is 2.64 bits per heavy atom. The van der Waals surface area contributed by atoms with Gasteiger partial charge in [0.05, 0.1) is 14.1 Å². The number of urea groups is 1. The van der Waals surface area contributed by atoms with Crippen molar-refractivity contribution in [2.24, 2.45) is 0 Å². The maximum absolute atomic E-state index is 11.0. The summed E-state index contributed by atoms with van der Waals surface area (Å²) in [6.07, 6.45) is -0.0985. The van der Waals surface area contributed by atoms with Gasteiger partial charge in [-0.2, -0.15) is 14.3 Å². The lowest BCUT2D eigenvalue weighted by Crippen LogP contribution is -2.46. The van der Waals surface area contributed by atoms with Crippen molar-refractivity contribution >= 4 is 17.8 Å². The van der Waals surface area contributed by atoms with E-state index in [1.165, 1.54) is 14.1 Å². The predicted octanol–water partition coefficient (Wildman–Crippen LogP) is -0.433. The minimum atomic E-state index is -0.501. The molecule has 0 radical (unpaired) electrons. The van der Waals surface area contributed by atoms with Gasteiger partial charge in [0, 0.05) is 0 Å². The highest BCUT2D eigenvalue weighted by Gasteiger charge is 2.36. The molecule has 0 aliphatic carbocycles. The van der Waals surface area contributed by atoms with Gasteiger partial charge in [0.15, 0.2) is 0 Å². The molecule has 0 aromatic heterocycles. The third-order valence-corrected chi connectivity index (χ3v) is 1.64. The van der Waals surface area contributed by atoms with E-state index < -0.39 is 6.03 Å². The van der Waals surface area contributed by atoms with E-state index >= 15 is 0 Å². The molecule has 0 bridgehead atoms. The van der Waals surface area contributed by atoms with E-state index in [4.69, 9.17) is 5.11 Å². The van der Waals surface area contributed by atoms with Crippen molar-refractivity contribution in [3.05, 3.63) is 0 Å². The van der Waals surface area contributed by atoms with Gasteiger partial charge in [-0.1, -0.05) is 0 Å². The molecule has 0 aromatic carbocycles. The number of nitrogens with zero attached hydrogens (tertiary/aromatic N) is 2. The summed E-state index contributed by atoms with van der Waals surface area (Å²) in [4.78, 5) is 22.8. The van der Waals surface area contributed by atoms with Crippen molar-refractivity contribution in [2.45, 2.75) is 6.42 Å². The second-order valence-electron chi connectivity index (χ2n) is 2.39. The maximum Gasteiger partial charge on any atom is 0.502 e. The molecule has 0 spiro atoms. The van der Waals surface area contributed by atoms with Gasteiger partial charge < -0.3 is 5.11 Å². The Hall–Kier alpha value is -1.39. The molecule has 5 heteroatoms. The van der Waals surface area contributed by atoms with Gasteiger partial charge in [0.1, 0.15) is 6.42 Å².